The van der Waals surface area contributed by atoms with E-state index >= 15 is 0 Å². The summed E-state index contributed by atoms with van der Waals surface area (Å²) in [5.74, 6) is -0.365. The third-order valence-corrected chi connectivity index (χ3v) is 5.09. The van der Waals surface area contributed by atoms with Crippen LogP contribution in [0.3, 0.4) is 0 Å². The quantitative estimate of drug-likeness (QED) is 0.862. The monoisotopic (exact) mass is 346 g/mol. The Bertz CT molecular complexity index is 856. The summed E-state index contributed by atoms with van der Waals surface area (Å²) in [7, 11) is -0.666. The van der Waals surface area contributed by atoms with E-state index in [0.717, 1.165) is 5.69 Å². The maximum atomic E-state index is 14.5. The largest absolute Gasteiger partial charge is 0.361 e. The number of hydrogen-bond acceptors (Lipinski definition) is 4. The minimum absolute atomic E-state index is 0.365. The van der Waals surface area contributed by atoms with Crippen LogP contribution in [0.1, 0.15) is 17.7 Å². The van der Waals surface area contributed by atoms with E-state index in [1.165, 1.54) is 6.07 Å². The fraction of sp³-hybridized carbons (Fsp3) is 0.222. The van der Waals surface area contributed by atoms with Crippen molar-refractivity contribution in [3.8, 4) is 11.1 Å². The normalized spacial score (nSPS) is 15.3. The SMILES string of the molecule is CC(c1ccccc1-c1cc(N2C=CN(C)C2)ccc1F)[SH](=O)=O. The Kier molecular flexibility index (Phi) is 4.57. The molecule has 0 aromatic heterocycles. The van der Waals surface area contributed by atoms with Gasteiger partial charge in [-0.3, -0.25) is 0 Å². The molecule has 0 radical (unpaired) electrons. The van der Waals surface area contributed by atoms with E-state index in [9.17, 15) is 12.8 Å². The number of thiol groups is 1. The molecule has 0 N–H and O–H groups in total. The molecule has 3 rings (SSSR count). The summed E-state index contributed by atoms with van der Waals surface area (Å²) in [4.78, 5) is 4.02. The zero-order valence-corrected chi connectivity index (χ0v) is 14.4. The average Bonchev–Trinajstić information content (AvgIpc) is 3.01. The van der Waals surface area contributed by atoms with Gasteiger partial charge >= 0.3 is 0 Å². The fourth-order valence-electron chi connectivity index (χ4n) is 2.82. The molecule has 0 saturated heterocycles. The summed E-state index contributed by atoms with van der Waals surface area (Å²) in [6.45, 7) is 2.31. The molecule has 24 heavy (non-hydrogen) atoms. The Morgan fingerprint density at radius 3 is 2.50 bits per heavy atom. The van der Waals surface area contributed by atoms with E-state index in [4.69, 9.17) is 0 Å². The van der Waals surface area contributed by atoms with Crippen molar-refractivity contribution in [2.45, 2.75) is 12.2 Å². The van der Waals surface area contributed by atoms with E-state index in [-0.39, 0.29) is 5.82 Å². The highest BCUT2D eigenvalue weighted by Gasteiger charge is 2.18. The van der Waals surface area contributed by atoms with Crippen molar-refractivity contribution in [3.05, 3.63) is 66.2 Å². The first-order valence-corrected chi connectivity index (χ1v) is 8.89. The molecule has 0 aliphatic carbocycles. The lowest BCUT2D eigenvalue weighted by Gasteiger charge is -2.20. The molecule has 1 unspecified atom stereocenters. The Morgan fingerprint density at radius 2 is 1.83 bits per heavy atom. The predicted molar refractivity (Wildman–Crippen MR) is 94.8 cm³/mol. The molecule has 6 heteroatoms. The summed E-state index contributed by atoms with van der Waals surface area (Å²) >= 11 is 0. The van der Waals surface area contributed by atoms with Gasteiger partial charge < -0.3 is 9.80 Å². The second kappa shape index (κ2) is 6.65. The van der Waals surface area contributed by atoms with Crippen LogP contribution in [-0.4, -0.2) is 27.0 Å². The van der Waals surface area contributed by atoms with Crippen molar-refractivity contribution in [2.75, 3.05) is 18.6 Å². The second-order valence-electron chi connectivity index (χ2n) is 5.88. The lowest BCUT2D eigenvalue weighted by atomic mass is 9.97. The van der Waals surface area contributed by atoms with Gasteiger partial charge in [0, 0.05) is 30.7 Å². The van der Waals surface area contributed by atoms with Gasteiger partial charge in [-0.1, -0.05) is 24.3 Å². The first kappa shape index (κ1) is 16.5. The van der Waals surface area contributed by atoms with E-state index < -0.39 is 16.0 Å². The van der Waals surface area contributed by atoms with Crippen LogP contribution in [0.5, 0.6) is 0 Å². The molecule has 0 spiro atoms. The molecule has 4 nitrogen and oxygen atoms in total. The maximum absolute atomic E-state index is 14.5. The van der Waals surface area contributed by atoms with E-state index in [1.54, 1.807) is 43.3 Å². The molecule has 2 aromatic rings. The smallest absolute Gasteiger partial charge is 0.146 e. The average molecular weight is 346 g/mol. The van der Waals surface area contributed by atoms with Gasteiger partial charge in [0.15, 0.2) is 0 Å². The highest BCUT2D eigenvalue weighted by molar-refractivity contribution is 7.72. The molecule has 1 aliphatic rings. The van der Waals surface area contributed by atoms with Gasteiger partial charge in [-0.15, -0.1) is 0 Å². The standard InChI is InChI=1S/C18H19FN2O2S/c1-13(24(22)23)15-5-3-4-6-16(15)17-11-14(7-8-18(17)19)21-10-9-20(2)12-21/h3-11,13,24H,12H2,1-2H3. The molecule has 1 atom stereocenters. The number of anilines is 1. The van der Waals surface area contributed by atoms with Crippen LogP contribution in [0.4, 0.5) is 10.1 Å². The lowest BCUT2D eigenvalue weighted by Crippen LogP contribution is -2.21. The number of halogens is 1. The lowest BCUT2D eigenvalue weighted by molar-refractivity contribution is 0.495. The van der Waals surface area contributed by atoms with E-state index in [2.05, 4.69) is 0 Å². The van der Waals surface area contributed by atoms with Crippen molar-refractivity contribution in [1.29, 1.82) is 0 Å². The Balaban J connectivity index is 2.08. The first-order chi connectivity index (χ1) is 11.5. The first-order valence-electron chi connectivity index (χ1n) is 7.65. The van der Waals surface area contributed by atoms with Gasteiger partial charge in [-0.25, -0.2) is 12.8 Å². The van der Waals surface area contributed by atoms with Crippen molar-refractivity contribution in [1.82, 2.24) is 4.90 Å². The van der Waals surface area contributed by atoms with Crippen LogP contribution in [0.25, 0.3) is 11.1 Å². The summed E-state index contributed by atoms with van der Waals surface area (Å²) in [5.41, 5.74) is 2.49. The minimum atomic E-state index is -2.63. The van der Waals surface area contributed by atoms with Crippen molar-refractivity contribution in [2.24, 2.45) is 0 Å². The van der Waals surface area contributed by atoms with Gasteiger partial charge in [0.2, 0.25) is 0 Å². The van der Waals surface area contributed by atoms with Crippen LogP contribution >= 0.6 is 0 Å². The van der Waals surface area contributed by atoms with Gasteiger partial charge in [0.05, 0.1) is 11.9 Å². The molecule has 1 aliphatic heterocycles. The second-order valence-corrected chi connectivity index (χ2v) is 7.22. The number of rotatable bonds is 4. The molecule has 1 heterocycles. The van der Waals surface area contributed by atoms with Crippen LogP contribution in [-0.2, 0) is 10.7 Å². The zero-order chi connectivity index (χ0) is 17.3. The molecule has 0 bridgehead atoms. The van der Waals surface area contributed by atoms with Crippen LogP contribution in [0.2, 0.25) is 0 Å². The van der Waals surface area contributed by atoms with Gasteiger partial charge in [0.1, 0.15) is 16.5 Å². The summed E-state index contributed by atoms with van der Waals surface area (Å²) in [6, 6.07) is 12.0. The molecule has 2 aromatic carbocycles. The fourth-order valence-corrected chi connectivity index (χ4v) is 3.27. The minimum Gasteiger partial charge on any atom is -0.361 e. The maximum Gasteiger partial charge on any atom is 0.146 e. The summed E-state index contributed by atoms with van der Waals surface area (Å²) in [5, 5.41) is -0.669. The van der Waals surface area contributed by atoms with E-state index in [1.807, 2.05) is 29.2 Å². The summed E-state index contributed by atoms with van der Waals surface area (Å²) in [6.07, 6.45) is 3.88. The van der Waals surface area contributed by atoms with Crippen LogP contribution in [0.15, 0.2) is 54.9 Å². The topological polar surface area (TPSA) is 40.6 Å². The third kappa shape index (κ3) is 3.14. The van der Waals surface area contributed by atoms with Crippen molar-refractivity contribution < 1.29 is 12.8 Å². The highest BCUT2D eigenvalue weighted by Crippen LogP contribution is 2.34. The van der Waals surface area contributed by atoms with Crippen LogP contribution < -0.4 is 4.90 Å². The van der Waals surface area contributed by atoms with Crippen molar-refractivity contribution >= 4 is 16.4 Å². The number of benzene rings is 2. The highest BCUT2D eigenvalue weighted by atomic mass is 32.2. The van der Waals surface area contributed by atoms with Gasteiger partial charge in [0.25, 0.3) is 0 Å². The summed E-state index contributed by atoms with van der Waals surface area (Å²) < 4.78 is 37.3. The predicted octanol–water partition coefficient (Wildman–Crippen LogP) is 3.35. The third-order valence-electron chi connectivity index (χ3n) is 4.18. The molecular weight excluding hydrogens is 327 g/mol. The van der Waals surface area contributed by atoms with Gasteiger partial charge in [-0.05, 0) is 36.2 Å². The number of hydrogen-bond donors (Lipinski definition) is 1. The molecule has 0 saturated carbocycles. The Labute approximate surface area is 142 Å². The van der Waals surface area contributed by atoms with E-state index in [0.29, 0.717) is 23.4 Å². The Morgan fingerprint density at radius 1 is 1.08 bits per heavy atom. The molecule has 0 amide bonds. The van der Waals surface area contributed by atoms with Crippen LogP contribution in [0, 0.1) is 5.82 Å². The molecule has 0 fully saturated rings. The molecular formula is C18H19FN2O2S. The van der Waals surface area contributed by atoms with Gasteiger partial charge in [-0.2, -0.15) is 0 Å². The zero-order valence-electron chi connectivity index (χ0n) is 13.5. The van der Waals surface area contributed by atoms with Crippen molar-refractivity contribution in [3.63, 3.8) is 0 Å². The molecule has 126 valence electrons. The number of nitrogens with zero attached hydrogens (tertiary/aromatic N) is 2. The Hall–Kier alpha value is -2.34.